The molecule has 3 rings (SSSR count). The molecule has 2 atom stereocenters. The summed E-state index contributed by atoms with van der Waals surface area (Å²) in [5.41, 5.74) is 1.26. The summed E-state index contributed by atoms with van der Waals surface area (Å²) in [6.45, 7) is 8.12. The highest BCUT2D eigenvalue weighted by Crippen LogP contribution is 2.36. The zero-order valence-corrected chi connectivity index (χ0v) is 12.5. The van der Waals surface area contributed by atoms with Gasteiger partial charge in [0, 0.05) is 31.9 Å². The molecule has 2 aliphatic heterocycles. The molecule has 0 saturated carbocycles. The molecule has 0 radical (unpaired) electrons. The van der Waals surface area contributed by atoms with Gasteiger partial charge in [-0.05, 0) is 31.0 Å². The van der Waals surface area contributed by atoms with E-state index in [4.69, 9.17) is 9.47 Å². The lowest BCUT2D eigenvalue weighted by Crippen LogP contribution is -2.47. The minimum atomic E-state index is -0.00764. The Hall–Kier alpha value is -1.23. The van der Waals surface area contributed by atoms with Crippen LogP contribution in [0.4, 0.5) is 0 Å². The fourth-order valence-electron chi connectivity index (χ4n) is 3.47. The summed E-state index contributed by atoms with van der Waals surface area (Å²) in [6, 6.07) is 4.14. The zero-order valence-electron chi connectivity index (χ0n) is 12.5. The average Bonchev–Trinajstić information content (AvgIpc) is 2.89. The van der Waals surface area contributed by atoms with Crippen molar-refractivity contribution in [2.75, 3.05) is 26.3 Å². The average molecular weight is 288 g/mol. The Morgan fingerprint density at radius 3 is 3.33 bits per heavy atom. The van der Waals surface area contributed by atoms with Gasteiger partial charge < -0.3 is 9.47 Å². The van der Waals surface area contributed by atoms with Crippen molar-refractivity contribution < 1.29 is 9.47 Å². The molecule has 0 aromatic carbocycles. The van der Waals surface area contributed by atoms with E-state index in [-0.39, 0.29) is 11.7 Å². The van der Waals surface area contributed by atoms with Crippen molar-refractivity contribution >= 4 is 0 Å². The van der Waals surface area contributed by atoms with Gasteiger partial charge in [-0.3, -0.25) is 9.88 Å². The molecule has 2 fully saturated rings. The number of likely N-dealkylation sites (tertiary alicyclic amines) is 1. The van der Waals surface area contributed by atoms with Gasteiger partial charge >= 0.3 is 0 Å². The summed E-state index contributed by atoms with van der Waals surface area (Å²) in [4.78, 5) is 6.68. The van der Waals surface area contributed by atoms with E-state index in [0.717, 1.165) is 32.5 Å². The first kappa shape index (κ1) is 14.7. The smallest absolute Gasteiger partial charge is 0.0841 e. The monoisotopic (exact) mass is 288 g/mol. The second kappa shape index (κ2) is 6.69. The van der Waals surface area contributed by atoms with Crippen LogP contribution in [0.1, 0.15) is 24.8 Å². The first-order chi connectivity index (χ1) is 10.3. The summed E-state index contributed by atoms with van der Waals surface area (Å²) < 4.78 is 11.9. The maximum absolute atomic E-state index is 6.14. The number of ether oxygens (including phenoxy) is 2. The first-order valence-corrected chi connectivity index (χ1v) is 7.77. The number of piperidine rings is 1. The van der Waals surface area contributed by atoms with E-state index in [2.05, 4.69) is 22.5 Å². The van der Waals surface area contributed by atoms with Gasteiger partial charge in [-0.25, -0.2) is 0 Å². The Labute approximate surface area is 126 Å². The van der Waals surface area contributed by atoms with Crippen LogP contribution in [0.2, 0.25) is 0 Å². The maximum atomic E-state index is 6.14. The first-order valence-electron chi connectivity index (χ1n) is 7.77. The van der Waals surface area contributed by atoms with Crippen molar-refractivity contribution in [2.24, 2.45) is 0 Å². The van der Waals surface area contributed by atoms with Crippen molar-refractivity contribution in [1.29, 1.82) is 0 Å². The summed E-state index contributed by atoms with van der Waals surface area (Å²) in [5, 5.41) is 0. The fraction of sp³-hybridized carbons (Fsp3) is 0.588. The van der Waals surface area contributed by atoms with E-state index in [1.807, 2.05) is 18.5 Å². The molecule has 3 heterocycles. The highest BCUT2D eigenvalue weighted by molar-refractivity contribution is 5.09. The lowest BCUT2D eigenvalue weighted by Gasteiger charge is -2.39. The van der Waals surface area contributed by atoms with Crippen molar-refractivity contribution in [1.82, 2.24) is 9.88 Å². The van der Waals surface area contributed by atoms with Crippen LogP contribution in [-0.2, 0) is 16.0 Å². The number of rotatable bonds is 5. The minimum absolute atomic E-state index is 0.00764. The predicted molar refractivity (Wildman–Crippen MR) is 82.0 cm³/mol. The Kier molecular flexibility index (Phi) is 4.68. The van der Waals surface area contributed by atoms with Gasteiger partial charge in [-0.1, -0.05) is 12.1 Å². The molecule has 0 unspecified atom stereocenters. The van der Waals surface area contributed by atoms with E-state index in [1.54, 1.807) is 6.08 Å². The maximum Gasteiger partial charge on any atom is 0.0841 e. The van der Waals surface area contributed by atoms with Gasteiger partial charge in [0.05, 0.1) is 24.9 Å². The number of aromatic nitrogens is 1. The Bertz CT molecular complexity index is 465. The normalized spacial score (nSPS) is 29.8. The molecular weight excluding hydrogens is 264 g/mol. The van der Waals surface area contributed by atoms with Crippen molar-refractivity contribution in [2.45, 2.75) is 37.5 Å². The van der Waals surface area contributed by atoms with Crippen molar-refractivity contribution in [3.05, 3.63) is 42.7 Å². The fourth-order valence-corrected chi connectivity index (χ4v) is 3.47. The van der Waals surface area contributed by atoms with Crippen LogP contribution < -0.4 is 0 Å². The molecule has 21 heavy (non-hydrogen) atoms. The molecule has 0 bridgehead atoms. The third-order valence-corrected chi connectivity index (χ3v) is 4.37. The molecule has 1 aromatic heterocycles. The van der Waals surface area contributed by atoms with E-state index in [1.165, 1.54) is 12.0 Å². The standard InChI is InChI=1S/C17H24N2O2/c1-2-9-20-16-10-17(21-13-16)6-4-8-19(14-17)12-15-5-3-7-18-11-15/h2-3,5,7,11,16H,1,4,6,8-10,12-14H2/t16-,17-/m1/s1. The SMILES string of the molecule is C=CCO[C@H]1CO[C@]2(CCCN(Cc3cccnc3)C2)C1. The van der Waals surface area contributed by atoms with Crippen molar-refractivity contribution in [3.63, 3.8) is 0 Å². The summed E-state index contributed by atoms with van der Waals surface area (Å²) in [6.07, 6.45) is 9.14. The van der Waals surface area contributed by atoms with Gasteiger partial charge in [0.1, 0.15) is 0 Å². The molecule has 0 aliphatic carbocycles. The van der Waals surface area contributed by atoms with Crippen LogP contribution in [0.15, 0.2) is 37.2 Å². The van der Waals surface area contributed by atoms with E-state index < -0.39 is 0 Å². The second-order valence-electron chi connectivity index (χ2n) is 6.12. The van der Waals surface area contributed by atoms with E-state index in [9.17, 15) is 0 Å². The van der Waals surface area contributed by atoms with Crippen LogP contribution in [-0.4, -0.2) is 47.9 Å². The van der Waals surface area contributed by atoms with E-state index >= 15 is 0 Å². The van der Waals surface area contributed by atoms with Crippen LogP contribution in [0, 0.1) is 0 Å². The lowest BCUT2D eigenvalue weighted by atomic mass is 9.89. The predicted octanol–water partition coefficient (Wildman–Crippen LogP) is 2.41. The summed E-state index contributed by atoms with van der Waals surface area (Å²) in [7, 11) is 0. The van der Waals surface area contributed by atoms with Crippen LogP contribution in [0.3, 0.4) is 0 Å². The third kappa shape index (κ3) is 3.70. The Morgan fingerprint density at radius 1 is 1.57 bits per heavy atom. The number of nitrogens with zero attached hydrogens (tertiary/aromatic N) is 2. The van der Waals surface area contributed by atoms with Gasteiger partial charge in [-0.15, -0.1) is 6.58 Å². The van der Waals surface area contributed by atoms with Crippen LogP contribution in [0.5, 0.6) is 0 Å². The van der Waals surface area contributed by atoms with Gasteiger partial charge in [0.15, 0.2) is 0 Å². The Balaban J connectivity index is 1.57. The molecule has 2 aliphatic rings. The topological polar surface area (TPSA) is 34.6 Å². The molecule has 4 heteroatoms. The molecule has 0 N–H and O–H groups in total. The number of hydrogen-bond donors (Lipinski definition) is 0. The van der Waals surface area contributed by atoms with Crippen molar-refractivity contribution in [3.8, 4) is 0 Å². The molecule has 114 valence electrons. The van der Waals surface area contributed by atoms with Crippen LogP contribution >= 0.6 is 0 Å². The third-order valence-electron chi connectivity index (χ3n) is 4.37. The van der Waals surface area contributed by atoms with E-state index in [0.29, 0.717) is 13.2 Å². The van der Waals surface area contributed by atoms with Gasteiger partial charge in [-0.2, -0.15) is 0 Å². The molecule has 1 spiro atoms. The molecule has 1 aromatic rings. The number of pyridine rings is 1. The molecule has 0 amide bonds. The molecular formula is C17H24N2O2. The summed E-state index contributed by atoms with van der Waals surface area (Å²) >= 11 is 0. The quantitative estimate of drug-likeness (QED) is 0.779. The molecule has 4 nitrogen and oxygen atoms in total. The van der Waals surface area contributed by atoms with Gasteiger partial charge in [0.25, 0.3) is 0 Å². The highest BCUT2D eigenvalue weighted by Gasteiger charge is 2.43. The van der Waals surface area contributed by atoms with Crippen LogP contribution in [0.25, 0.3) is 0 Å². The largest absolute Gasteiger partial charge is 0.372 e. The molecule has 2 saturated heterocycles. The lowest BCUT2D eigenvalue weighted by molar-refractivity contribution is -0.0544. The second-order valence-corrected chi connectivity index (χ2v) is 6.12. The van der Waals surface area contributed by atoms with Gasteiger partial charge in [0.2, 0.25) is 0 Å². The zero-order chi connectivity index (χ0) is 14.5. The minimum Gasteiger partial charge on any atom is -0.372 e. The summed E-state index contributed by atoms with van der Waals surface area (Å²) in [5.74, 6) is 0. The highest BCUT2D eigenvalue weighted by atomic mass is 16.6. The number of hydrogen-bond acceptors (Lipinski definition) is 4. The Morgan fingerprint density at radius 2 is 2.52 bits per heavy atom.